The number of carbonyl (C=O) groups is 1. The largest absolute Gasteiger partial charge is 0.396 e. The first kappa shape index (κ1) is 14.6. The molecule has 1 unspecified atom stereocenters. The zero-order chi connectivity index (χ0) is 13.5. The molecule has 1 rings (SSSR count). The highest BCUT2D eigenvalue weighted by atomic mass is 32.2. The monoisotopic (exact) mass is 268 g/mol. The maximum absolute atomic E-state index is 11.0. The van der Waals surface area contributed by atoms with Gasteiger partial charge in [-0.2, -0.15) is 11.8 Å². The van der Waals surface area contributed by atoms with Gasteiger partial charge in [0.15, 0.2) is 0 Å². The maximum Gasteiger partial charge on any atom is 0.267 e. The Morgan fingerprint density at radius 2 is 2.28 bits per heavy atom. The van der Waals surface area contributed by atoms with Crippen LogP contribution in [0.3, 0.4) is 0 Å². The number of amides is 1. The number of thioether (sulfide) groups is 1. The first-order chi connectivity index (χ1) is 8.54. The van der Waals surface area contributed by atoms with E-state index < -0.39 is 5.91 Å². The van der Waals surface area contributed by atoms with Crippen LogP contribution in [0.15, 0.2) is 12.1 Å². The predicted octanol–water partition coefficient (Wildman–Crippen LogP) is 1.71. The lowest BCUT2D eigenvalue weighted by Crippen LogP contribution is -2.20. The van der Waals surface area contributed by atoms with Crippen LogP contribution in [0.25, 0.3) is 0 Å². The van der Waals surface area contributed by atoms with Crippen LogP contribution in [0.4, 0.5) is 11.5 Å². The summed E-state index contributed by atoms with van der Waals surface area (Å²) in [6.45, 7) is 4.20. The van der Waals surface area contributed by atoms with Crippen molar-refractivity contribution in [3.8, 4) is 0 Å². The lowest BCUT2D eigenvalue weighted by Gasteiger charge is -2.16. The van der Waals surface area contributed by atoms with Crippen LogP contribution in [0.2, 0.25) is 0 Å². The van der Waals surface area contributed by atoms with E-state index in [-0.39, 0.29) is 11.7 Å². The van der Waals surface area contributed by atoms with Gasteiger partial charge in [-0.15, -0.1) is 0 Å². The third-order valence-electron chi connectivity index (χ3n) is 2.46. The van der Waals surface area contributed by atoms with E-state index in [0.717, 1.165) is 17.9 Å². The van der Waals surface area contributed by atoms with E-state index in [2.05, 4.69) is 24.1 Å². The van der Waals surface area contributed by atoms with Crippen molar-refractivity contribution in [2.75, 3.05) is 22.6 Å². The minimum Gasteiger partial charge on any atom is -0.396 e. The van der Waals surface area contributed by atoms with Gasteiger partial charge in [0.05, 0.1) is 5.69 Å². The first-order valence-corrected chi connectivity index (χ1v) is 7.10. The second kappa shape index (κ2) is 7.10. The summed E-state index contributed by atoms with van der Waals surface area (Å²) in [7, 11) is 0. The maximum atomic E-state index is 11.0. The molecule has 0 radical (unpaired) electrons. The summed E-state index contributed by atoms with van der Waals surface area (Å²) in [5.41, 5.74) is 11.7. The molecule has 0 aromatic carbocycles. The fourth-order valence-corrected chi connectivity index (χ4v) is 2.24. The fourth-order valence-electron chi connectivity index (χ4n) is 1.43. The molecule has 0 bridgehead atoms. The van der Waals surface area contributed by atoms with Crippen molar-refractivity contribution >= 4 is 29.2 Å². The number of pyridine rings is 1. The molecule has 5 N–H and O–H groups in total. The molecule has 6 heteroatoms. The van der Waals surface area contributed by atoms with Gasteiger partial charge < -0.3 is 16.8 Å². The topological polar surface area (TPSA) is 94.0 Å². The van der Waals surface area contributed by atoms with Crippen molar-refractivity contribution in [1.82, 2.24) is 4.98 Å². The zero-order valence-corrected chi connectivity index (χ0v) is 11.6. The Bertz CT molecular complexity index is 411. The van der Waals surface area contributed by atoms with Crippen molar-refractivity contribution < 1.29 is 4.79 Å². The minimum atomic E-state index is -0.549. The summed E-state index contributed by atoms with van der Waals surface area (Å²) in [4.78, 5) is 15.2. The minimum absolute atomic E-state index is 0.224. The molecule has 1 aromatic heterocycles. The van der Waals surface area contributed by atoms with Gasteiger partial charge in [0.2, 0.25) is 0 Å². The third kappa shape index (κ3) is 4.44. The fraction of sp³-hybridized carbons (Fsp3) is 0.500. The van der Waals surface area contributed by atoms with Crippen LogP contribution < -0.4 is 16.8 Å². The first-order valence-electron chi connectivity index (χ1n) is 5.95. The molecule has 1 atom stereocenters. The quantitative estimate of drug-likeness (QED) is 0.654. The van der Waals surface area contributed by atoms with Crippen molar-refractivity contribution in [1.29, 1.82) is 0 Å². The Kier molecular flexibility index (Phi) is 5.77. The smallest absolute Gasteiger partial charge is 0.267 e. The number of hydrogen-bond donors (Lipinski definition) is 3. The molecule has 18 heavy (non-hydrogen) atoms. The number of nitrogens with zero attached hydrogens (tertiary/aromatic N) is 1. The Labute approximate surface area is 112 Å². The second-order valence-corrected chi connectivity index (χ2v) is 5.42. The van der Waals surface area contributed by atoms with Gasteiger partial charge in [-0.3, -0.25) is 4.79 Å². The van der Waals surface area contributed by atoms with Crippen LogP contribution in [0.1, 0.15) is 30.8 Å². The average molecular weight is 268 g/mol. The Hall–Kier alpha value is -1.43. The third-order valence-corrected chi connectivity index (χ3v) is 3.39. The second-order valence-electron chi connectivity index (χ2n) is 4.03. The van der Waals surface area contributed by atoms with E-state index in [9.17, 15) is 4.79 Å². The van der Waals surface area contributed by atoms with Crippen LogP contribution in [-0.4, -0.2) is 28.4 Å². The summed E-state index contributed by atoms with van der Waals surface area (Å²) < 4.78 is 0. The molecule has 0 aliphatic heterocycles. The summed E-state index contributed by atoms with van der Waals surface area (Å²) in [5, 5.41) is 3.21. The molecule has 1 heterocycles. The van der Waals surface area contributed by atoms with E-state index in [4.69, 9.17) is 11.5 Å². The number of carbonyl (C=O) groups excluding carboxylic acids is 1. The molecule has 0 fully saturated rings. The number of rotatable bonds is 7. The molecule has 0 spiro atoms. The van der Waals surface area contributed by atoms with E-state index >= 15 is 0 Å². The van der Waals surface area contributed by atoms with E-state index in [1.54, 1.807) is 6.07 Å². The van der Waals surface area contributed by atoms with E-state index in [1.807, 2.05) is 11.8 Å². The number of primary amides is 1. The molecule has 0 saturated heterocycles. The summed E-state index contributed by atoms with van der Waals surface area (Å²) in [5.74, 6) is 2.18. The normalized spacial score (nSPS) is 12.1. The lowest BCUT2D eigenvalue weighted by atomic mass is 10.2. The van der Waals surface area contributed by atoms with Crippen LogP contribution in [-0.2, 0) is 0 Å². The molecule has 0 saturated carbocycles. The highest BCUT2D eigenvalue weighted by Crippen LogP contribution is 2.18. The summed E-state index contributed by atoms with van der Waals surface area (Å²) >= 11 is 1.89. The number of hydrogen-bond acceptors (Lipinski definition) is 5. The van der Waals surface area contributed by atoms with Crippen molar-refractivity contribution in [2.45, 2.75) is 26.3 Å². The van der Waals surface area contributed by atoms with E-state index in [0.29, 0.717) is 11.5 Å². The average Bonchev–Trinajstić information content (AvgIpc) is 2.32. The Morgan fingerprint density at radius 3 is 2.89 bits per heavy atom. The van der Waals surface area contributed by atoms with Crippen LogP contribution in [0.5, 0.6) is 0 Å². The van der Waals surface area contributed by atoms with Gasteiger partial charge in [0, 0.05) is 6.04 Å². The molecule has 0 aliphatic rings. The van der Waals surface area contributed by atoms with E-state index in [1.165, 1.54) is 6.07 Å². The van der Waals surface area contributed by atoms with Crippen LogP contribution in [0, 0.1) is 0 Å². The molecule has 5 nitrogen and oxygen atoms in total. The number of anilines is 2. The van der Waals surface area contributed by atoms with Crippen molar-refractivity contribution in [3.63, 3.8) is 0 Å². The van der Waals surface area contributed by atoms with Gasteiger partial charge in [-0.25, -0.2) is 4.98 Å². The SMILES string of the molecule is CCSCCC(C)Nc1nc(C(N)=O)ccc1N. The zero-order valence-electron chi connectivity index (χ0n) is 10.8. The number of nitrogens with two attached hydrogens (primary N) is 2. The number of nitrogens with one attached hydrogen (secondary N) is 1. The highest BCUT2D eigenvalue weighted by molar-refractivity contribution is 7.99. The Morgan fingerprint density at radius 1 is 1.56 bits per heavy atom. The lowest BCUT2D eigenvalue weighted by molar-refractivity contribution is 0.0995. The number of aromatic nitrogens is 1. The van der Waals surface area contributed by atoms with Gasteiger partial charge in [0.1, 0.15) is 11.5 Å². The van der Waals surface area contributed by atoms with Gasteiger partial charge in [-0.05, 0) is 37.0 Å². The summed E-state index contributed by atoms with van der Waals surface area (Å²) in [6.07, 6.45) is 1.01. The van der Waals surface area contributed by atoms with Gasteiger partial charge in [-0.1, -0.05) is 6.92 Å². The molecule has 1 aromatic rings. The predicted molar refractivity (Wildman–Crippen MR) is 77.9 cm³/mol. The standard InChI is InChI=1S/C12H20N4OS/c1-3-18-7-6-8(2)15-12-9(13)4-5-10(16-12)11(14)17/h4-5,8H,3,6-7,13H2,1-2H3,(H2,14,17)(H,15,16). The van der Waals surface area contributed by atoms with Crippen molar-refractivity contribution in [2.24, 2.45) is 5.73 Å². The summed E-state index contributed by atoms with van der Waals surface area (Å²) in [6, 6.07) is 3.42. The van der Waals surface area contributed by atoms with Crippen LogP contribution >= 0.6 is 11.8 Å². The molecule has 100 valence electrons. The van der Waals surface area contributed by atoms with Gasteiger partial charge in [0.25, 0.3) is 5.91 Å². The molecular formula is C12H20N4OS. The molecule has 1 amide bonds. The number of nitrogen functional groups attached to an aromatic ring is 1. The van der Waals surface area contributed by atoms with Crippen molar-refractivity contribution in [3.05, 3.63) is 17.8 Å². The van der Waals surface area contributed by atoms with Gasteiger partial charge >= 0.3 is 0 Å². The molecular weight excluding hydrogens is 248 g/mol. The Balaban J connectivity index is 2.65. The molecule has 0 aliphatic carbocycles. The highest BCUT2D eigenvalue weighted by Gasteiger charge is 2.09.